The van der Waals surface area contributed by atoms with Crippen LogP contribution in [0.1, 0.15) is 15.9 Å². The van der Waals surface area contributed by atoms with Gasteiger partial charge in [-0.15, -0.1) is 29.7 Å². The third-order valence-electron chi connectivity index (χ3n) is 4.77. The van der Waals surface area contributed by atoms with Crippen molar-refractivity contribution in [2.45, 2.75) is 6.92 Å². The van der Waals surface area contributed by atoms with Crippen LogP contribution in [-0.4, -0.2) is 15.4 Å². The number of carbonyl (C=O) groups is 1. The number of rotatable bonds is 3. The molecule has 0 aliphatic rings. The minimum absolute atomic E-state index is 0. The maximum atomic E-state index is 10.5. The van der Waals surface area contributed by atoms with Gasteiger partial charge in [-0.05, 0) is 12.5 Å². The molecule has 2 radical (unpaired) electrons. The molecule has 0 aliphatic heterocycles. The van der Waals surface area contributed by atoms with Crippen molar-refractivity contribution >= 4 is 36.6 Å². The van der Waals surface area contributed by atoms with Crippen molar-refractivity contribution in [3.8, 4) is 0 Å². The second kappa shape index (κ2) is 18.0. The molecule has 0 saturated heterocycles. The first-order valence-electron chi connectivity index (χ1n) is 10.4. The zero-order chi connectivity index (χ0) is 22.6. The number of benzene rings is 4. The predicted molar refractivity (Wildman–Crippen MR) is 137 cm³/mol. The summed E-state index contributed by atoms with van der Waals surface area (Å²) in [6.45, 7) is 1.82. The van der Waals surface area contributed by atoms with E-state index in [0.29, 0.717) is 5.56 Å². The van der Waals surface area contributed by atoms with Crippen molar-refractivity contribution in [1.82, 2.24) is 0 Å². The maximum Gasteiger partial charge on any atom is 4.00 e. The largest absolute Gasteiger partial charge is 4.00 e. The van der Waals surface area contributed by atoms with Crippen LogP contribution in [0.2, 0.25) is 0 Å². The van der Waals surface area contributed by atoms with Crippen LogP contribution in [0.25, 0.3) is 16.5 Å². The Labute approximate surface area is 241 Å². The standard InChI is InChI=1S/C12H10Si.C9H7.C8H9NO.2ClH.Hf/c1-3-7-11(8-4-1)13-12-9-5-2-6-10-12;1-2-5-9-7-3-6-8(9)4-1;1-6-4-2-3-5-7(6)8(9)10;;;/h1-10H;1-7H;2-5H,1H3,(H2,9,10);2*1H;/q;-1;;;;+4/p-3. The van der Waals surface area contributed by atoms with E-state index in [1.54, 1.807) is 12.1 Å². The number of fused-ring (bicyclic) bond motifs is 1. The molecule has 1 amide bonds. The molecule has 0 bridgehead atoms. The van der Waals surface area contributed by atoms with E-state index in [0.717, 1.165) is 15.1 Å². The van der Waals surface area contributed by atoms with Gasteiger partial charge in [-0.25, -0.2) is 0 Å². The van der Waals surface area contributed by atoms with Gasteiger partial charge < -0.3 is 35.3 Å². The molecule has 0 saturated carbocycles. The van der Waals surface area contributed by atoms with Crippen molar-refractivity contribution in [3.05, 3.63) is 144 Å². The quantitative estimate of drug-likeness (QED) is 0.197. The zero-order valence-electron chi connectivity index (χ0n) is 19.3. The van der Waals surface area contributed by atoms with E-state index in [9.17, 15) is 4.79 Å². The number of amides is 1. The van der Waals surface area contributed by atoms with Gasteiger partial charge in [0.25, 0.3) is 0 Å². The molecule has 1 N–H and O–H groups in total. The smallest absolute Gasteiger partial charge is 1.00 e. The summed E-state index contributed by atoms with van der Waals surface area (Å²) in [6, 6.07) is 42.9. The summed E-state index contributed by atoms with van der Waals surface area (Å²) in [4.78, 5) is 10.5. The maximum absolute atomic E-state index is 10.5. The second-order valence-corrected chi connectivity index (χ2v) is 8.56. The van der Waals surface area contributed by atoms with Gasteiger partial charge in [-0.2, -0.15) is 17.5 Å². The Bertz CT molecular complexity index is 1180. The Balaban J connectivity index is 0.000000483. The fourth-order valence-electron chi connectivity index (χ4n) is 3.11. The van der Waals surface area contributed by atoms with E-state index in [1.807, 2.05) is 19.1 Å². The van der Waals surface area contributed by atoms with Gasteiger partial charge in [0, 0.05) is 5.56 Å². The number of hydrogen-bond donors (Lipinski definition) is 0. The summed E-state index contributed by atoms with van der Waals surface area (Å²) in [6.07, 6.45) is 0. The van der Waals surface area contributed by atoms with Gasteiger partial charge in [0.15, 0.2) is 0 Å². The number of nitrogens with one attached hydrogen (secondary N) is 1. The summed E-state index contributed by atoms with van der Waals surface area (Å²) in [5, 5.41) is 5.46. The zero-order valence-corrected chi connectivity index (χ0v) is 25.4. The van der Waals surface area contributed by atoms with Gasteiger partial charge in [0.05, 0.1) is 5.91 Å². The van der Waals surface area contributed by atoms with Crippen LogP contribution in [-0.2, 0) is 25.8 Å². The van der Waals surface area contributed by atoms with Crippen LogP contribution in [0.5, 0.6) is 0 Å². The number of hydrogen-bond acceptors (Lipinski definition) is 1. The molecule has 0 fully saturated rings. The summed E-state index contributed by atoms with van der Waals surface area (Å²) >= 11 is 0. The first-order valence-corrected chi connectivity index (χ1v) is 11.4. The fraction of sp³-hybridized carbons (Fsp3) is 0.0345. The SMILES string of the molecule is Cc1ccccc1C([NH-])=O.[Cl-].[Cl-].[Hf+4].c1ccc([Si]c2ccccc2)cc1.c1ccc2[cH-]ccc2c1. The summed E-state index contributed by atoms with van der Waals surface area (Å²) in [5.41, 5.74) is 8.17. The fourth-order valence-corrected chi connectivity index (χ4v) is 4.16. The van der Waals surface area contributed by atoms with Gasteiger partial charge in [0.2, 0.25) is 0 Å². The Morgan fingerprint density at radius 3 is 1.66 bits per heavy atom. The molecule has 174 valence electrons. The van der Waals surface area contributed by atoms with Crippen LogP contribution in [0.15, 0.2) is 127 Å². The molecule has 0 heterocycles. The number of aryl methyl sites for hydroxylation is 1. The van der Waals surface area contributed by atoms with E-state index in [4.69, 9.17) is 5.73 Å². The van der Waals surface area contributed by atoms with Gasteiger partial charge >= 0.3 is 25.8 Å². The van der Waals surface area contributed by atoms with Gasteiger partial charge in [0.1, 0.15) is 9.52 Å². The molecule has 6 heteroatoms. The van der Waals surface area contributed by atoms with E-state index in [2.05, 4.69) is 103 Å². The average molecular weight is 681 g/mol. The van der Waals surface area contributed by atoms with Crippen molar-refractivity contribution in [2.24, 2.45) is 0 Å². The Morgan fingerprint density at radius 1 is 0.686 bits per heavy atom. The van der Waals surface area contributed by atoms with Gasteiger partial charge in [-0.1, -0.05) is 101 Å². The molecule has 2 nitrogen and oxygen atoms in total. The Kier molecular flexibility index (Phi) is 16.8. The molecule has 0 aromatic heterocycles. The number of carbonyl (C=O) groups excluding carboxylic acids is 1. The van der Waals surface area contributed by atoms with Crippen LogP contribution >= 0.6 is 0 Å². The minimum Gasteiger partial charge on any atom is -1.00 e. The topological polar surface area (TPSA) is 40.9 Å². The average Bonchev–Trinajstić information content (AvgIpc) is 3.30. The van der Waals surface area contributed by atoms with Crippen molar-refractivity contribution in [1.29, 1.82) is 0 Å². The number of halogens is 2. The van der Waals surface area contributed by atoms with Crippen LogP contribution in [0, 0.1) is 6.92 Å². The molecule has 35 heavy (non-hydrogen) atoms. The molecular formula is C29H25Cl2HfNOSi. The molecule has 5 aromatic carbocycles. The van der Waals surface area contributed by atoms with Crippen LogP contribution < -0.4 is 35.2 Å². The summed E-state index contributed by atoms with van der Waals surface area (Å²) in [7, 11) is 0.777. The van der Waals surface area contributed by atoms with E-state index >= 15 is 0 Å². The third kappa shape index (κ3) is 11.3. The Hall–Kier alpha value is -2.37. The first-order chi connectivity index (χ1) is 15.6. The molecule has 0 unspecified atom stereocenters. The summed E-state index contributed by atoms with van der Waals surface area (Å²) < 4.78 is 0. The Morgan fingerprint density at radius 2 is 1.17 bits per heavy atom. The van der Waals surface area contributed by atoms with Crippen LogP contribution in [0.4, 0.5) is 0 Å². The molecule has 5 aromatic rings. The van der Waals surface area contributed by atoms with E-state index < -0.39 is 5.91 Å². The molecular weight excluding hydrogens is 656 g/mol. The summed E-state index contributed by atoms with van der Waals surface area (Å²) in [5.74, 6) is -0.613. The van der Waals surface area contributed by atoms with Crippen molar-refractivity contribution in [2.75, 3.05) is 0 Å². The van der Waals surface area contributed by atoms with Crippen LogP contribution in [0.3, 0.4) is 0 Å². The molecule has 0 atom stereocenters. The van der Waals surface area contributed by atoms with Crippen molar-refractivity contribution in [3.63, 3.8) is 0 Å². The van der Waals surface area contributed by atoms with E-state index in [1.165, 1.54) is 21.1 Å². The van der Waals surface area contributed by atoms with Gasteiger partial charge in [-0.3, -0.25) is 0 Å². The second-order valence-electron chi connectivity index (χ2n) is 7.16. The van der Waals surface area contributed by atoms with Crippen molar-refractivity contribution < 1.29 is 55.5 Å². The first kappa shape index (κ1) is 32.6. The normalized spacial score (nSPS) is 8.94. The molecule has 0 aliphatic carbocycles. The monoisotopic (exact) mass is 681 g/mol. The predicted octanol–water partition coefficient (Wildman–Crippen LogP) is 0.0932. The molecule has 5 rings (SSSR count). The van der Waals surface area contributed by atoms with E-state index in [-0.39, 0.29) is 50.7 Å². The third-order valence-corrected chi connectivity index (χ3v) is 6.02. The minimum atomic E-state index is -0.613. The molecule has 0 spiro atoms.